The smallest absolute Gasteiger partial charge is 0.303 e. The minimum Gasteiger partial charge on any atom is -0.481 e. The molecule has 0 saturated carbocycles. The lowest BCUT2D eigenvalue weighted by Crippen LogP contribution is -2.18. The van der Waals surface area contributed by atoms with Crippen molar-refractivity contribution in [2.75, 3.05) is 13.2 Å². The lowest BCUT2D eigenvalue weighted by Gasteiger charge is -2.25. The van der Waals surface area contributed by atoms with Gasteiger partial charge in [-0.3, -0.25) is 9.89 Å². The molecule has 0 bridgehead atoms. The van der Waals surface area contributed by atoms with Gasteiger partial charge >= 0.3 is 5.97 Å². The second kappa shape index (κ2) is 7.98. The van der Waals surface area contributed by atoms with Gasteiger partial charge in [0.1, 0.15) is 5.82 Å². The van der Waals surface area contributed by atoms with E-state index in [0.29, 0.717) is 19.6 Å². The highest BCUT2D eigenvalue weighted by Gasteiger charge is 2.27. The van der Waals surface area contributed by atoms with Crippen molar-refractivity contribution < 1.29 is 19.0 Å². The van der Waals surface area contributed by atoms with Gasteiger partial charge in [-0.05, 0) is 55.2 Å². The molecule has 1 aliphatic heterocycles. The largest absolute Gasteiger partial charge is 0.481 e. The summed E-state index contributed by atoms with van der Waals surface area (Å²) in [6, 6.07) is 8.77. The fraction of sp³-hybridized carbons (Fsp3) is 0.304. The molecule has 8 heteroatoms. The molecule has 0 spiro atoms. The van der Waals surface area contributed by atoms with Crippen molar-refractivity contribution in [1.29, 1.82) is 0 Å². The minimum absolute atomic E-state index is 0.0283. The van der Waals surface area contributed by atoms with Gasteiger partial charge in [0, 0.05) is 47.7 Å². The number of hydrogen-bond donors (Lipinski definition) is 2. The Morgan fingerprint density at radius 3 is 2.84 bits per heavy atom. The molecule has 6 nitrogen and oxygen atoms in total. The molecule has 1 fully saturated rings. The molecular formula is C23H21ClFN3O3. The summed E-state index contributed by atoms with van der Waals surface area (Å²) in [6.45, 7) is 1.30. The number of rotatable bonds is 5. The molecule has 2 N–H and O–H groups in total. The van der Waals surface area contributed by atoms with Gasteiger partial charge in [0.2, 0.25) is 0 Å². The molecule has 1 saturated heterocycles. The lowest BCUT2D eigenvalue weighted by atomic mass is 9.91. The van der Waals surface area contributed by atoms with Crippen LogP contribution in [0, 0.1) is 5.82 Å². The van der Waals surface area contributed by atoms with E-state index in [1.807, 2.05) is 12.1 Å². The Bertz CT molecular complexity index is 1290. The van der Waals surface area contributed by atoms with Crippen molar-refractivity contribution in [1.82, 2.24) is 14.8 Å². The van der Waals surface area contributed by atoms with E-state index in [-0.39, 0.29) is 17.4 Å². The van der Waals surface area contributed by atoms with Crippen LogP contribution in [0.25, 0.3) is 27.5 Å². The maximum Gasteiger partial charge on any atom is 0.303 e. The Hall–Kier alpha value is -2.90. The summed E-state index contributed by atoms with van der Waals surface area (Å²) >= 11 is 6.14. The van der Waals surface area contributed by atoms with Crippen LogP contribution in [-0.4, -0.2) is 39.1 Å². The summed E-state index contributed by atoms with van der Waals surface area (Å²) in [5.41, 5.74) is 4.63. The zero-order chi connectivity index (χ0) is 21.5. The Morgan fingerprint density at radius 1 is 1.29 bits per heavy atom. The van der Waals surface area contributed by atoms with Crippen LogP contribution in [0.4, 0.5) is 4.39 Å². The lowest BCUT2D eigenvalue weighted by molar-refractivity contribution is -0.136. The first-order valence-corrected chi connectivity index (χ1v) is 10.7. The van der Waals surface area contributed by atoms with Crippen molar-refractivity contribution in [2.24, 2.45) is 0 Å². The fourth-order valence-corrected chi connectivity index (χ4v) is 4.78. The number of benzene rings is 2. The first-order valence-electron chi connectivity index (χ1n) is 10.3. The zero-order valence-corrected chi connectivity index (χ0v) is 17.5. The number of nitrogens with zero attached hydrogens (tertiary/aromatic N) is 2. The summed E-state index contributed by atoms with van der Waals surface area (Å²) in [4.78, 5) is 11.4. The third-order valence-corrected chi connectivity index (χ3v) is 6.32. The standard InChI is InChI=1S/C23H21ClFN3O3/c24-18-10-15(1-3-19(18)25)28-21-9-14-12-26-27-20(14)11-17(21)16(2-4-22(29)30)23(28)13-5-7-31-8-6-13/h1,3,9-13H,2,4-8H2,(H,26,27)(H,29,30). The number of carboxylic acid groups (broad SMARTS) is 1. The van der Waals surface area contributed by atoms with E-state index >= 15 is 0 Å². The van der Waals surface area contributed by atoms with Crippen LogP contribution in [0.15, 0.2) is 36.5 Å². The molecule has 160 valence electrons. The van der Waals surface area contributed by atoms with Gasteiger partial charge in [-0.2, -0.15) is 5.10 Å². The van der Waals surface area contributed by atoms with E-state index in [2.05, 4.69) is 14.8 Å². The van der Waals surface area contributed by atoms with Gasteiger partial charge in [-0.15, -0.1) is 0 Å². The Balaban J connectivity index is 1.83. The van der Waals surface area contributed by atoms with Crippen molar-refractivity contribution >= 4 is 39.4 Å². The first kappa shape index (κ1) is 20.0. The third-order valence-electron chi connectivity index (χ3n) is 6.03. The maximum absolute atomic E-state index is 13.9. The normalized spacial score (nSPS) is 15.2. The molecule has 0 radical (unpaired) electrons. The van der Waals surface area contributed by atoms with Crippen LogP contribution in [0.1, 0.15) is 36.4 Å². The van der Waals surface area contributed by atoms with Gasteiger partial charge in [-0.1, -0.05) is 11.6 Å². The highest BCUT2D eigenvalue weighted by molar-refractivity contribution is 6.30. The zero-order valence-electron chi connectivity index (χ0n) is 16.7. The number of aromatic nitrogens is 3. The first-order chi connectivity index (χ1) is 15.0. The number of hydrogen-bond acceptors (Lipinski definition) is 3. The van der Waals surface area contributed by atoms with Crippen LogP contribution < -0.4 is 0 Å². The number of H-pyrrole nitrogens is 1. The number of aromatic amines is 1. The molecule has 0 atom stereocenters. The topological polar surface area (TPSA) is 80.1 Å². The number of carboxylic acids is 1. The average Bonchev–Trinajstić information content (AvgIpc) is 3.35. The summed E-state index contributed by atoms with van der Waals surface area (Å²) < 4.78 is 21.6. The third kappa shape index (κ3) is 3.58. The molecular weight excluding hydrogens is 421 g/mol. The Labute approximate surface area is 182 Å². The highest BCUT2D eigenvalue weighted by Crippen LogP contribution is 2.40. The van der Waals surface area contributed by atoms with E-state index in [0.717, 1.165) is 51.6 Å². The van der Waals surface area contributed by atoms with Gasteiger partial charge in [0.25, 0.3) is 0 Å². The van der Waals surface area contributed by atoms with E-state index in [1.165, 1.54) is 6.07 Å². The maximum atomic E-state index is 13.9. The molecule has 4 aromatic rings. The number of aliphatic carboxylic acids is 1. The molecule has 0 unspecified atom stereocenters. The monoisotopic (exact) mass is 441 g/mol. The summed E-state index contributed by atoms with van der Waals surface area (Å²) in [7, 11) is 0. The number of nitrogens with one attached hydrogen (secondary N) is 1. The molecule has 2 aromatic heterocycles. The van der Waals surface area contributed by atoms with Crippen molar-refractivity contribution in [3.8, 4) is 5.69 Å². The van der Waals surface area contributed by atoms with Crippen LogP contribution in [0.5, 0.6) is 0 Å². The van der Waals surface area contributed by atoms with Gasteiger partial charge in [0.05, 0.1) is 22.3 Å². The van der Waals surface area contributed by atoms with Crippen LogP contribution in [0.3, 0.4) is 0 Å². The van der Waals surface area contributed by atoms with Gasteiger partial charge < -0.3 is 14.4 Å². The molecule has 1 aliphatic rings. The van der Waals surface area contributed by atoms with E-state index in [4.69, 9.17) is 16.3 Å². The van der Waals surface area contributed by atoms with Gasteiger partial charge in [-0.25, -0.2) is 4.39 Å². The summed E-state index contributed by atoms with van der Waals surface area (Å²) in [5.74, 6) is -1.12. The Kier molecular flexibility index (Phi) is 5.16. The number of carbonyl (C=O) groups is 1. The number of fused-ring (bicyclic) bond motifs is 2. The molecule has 31 heavy (non-hydrogen) atoms. The van der Waals surface area contributed by atoms with Crippen LogP contribution in [-0.2, 0) is 16.0 Å². The predicted octanol–water partition coefficient (Wildman–Crippen LogP) is 5.21. The second-order valence-electron chi connectivity index (χ2n) is 7.90. The molecule has 5 rings (SSSR count). The van der Waals surface area contributed by atoms with Crippen molar-refractivity contribution in [2.45, 2.75) is 31.6 Å². The number of aryl methyl sites for hydroxylation is 1. The van der Waals surface area contributed by atoms with E-state index in [9.17, 15) is 14.3 Å². The summed E-state index contributed by atoms with van der Waals surface area (Å²) in [5, 5.41) is 18.5. The molecule has 3 heterocycles. The van der Waals surface area contributed by atoms with Gasteiger partial charge in [0.15, 0.2) is 0 Å². The highest BCUT2D eigenvalue weighted by atomic mass is 35.5. The molecule has 0 aliphatic carbocycles. The van der Waals surface area contributed by atoms with E-state index < -0.39 is 11.8 Å². The van der Waals surface area contributed by atoms with E-state index in [1.54, 1.807) is 18.3 Å². The summed E-state index contributed by atoms with van der Waals surface area (Å²) in [6.07, 6.45) is 3.87. The Morgan fingerprint density at radius 2 is 2.10 bits per heavy atom. The quantitative estimate of drug-likeness (QED) is 0.445. The predicted molar refractivity (Wildman–Crippen MR) is 117 cm³/mol. The SMILES string of the molecule is O=C(O)CCc1c(C2CCOCC2)n(-c2ccc(F)c(Cl)c2)c2cc3cn[nH]c3cc12. The van der Waals surface area contributed by atoms with Crippen molar-refractivity contribution in [3.63, 3.8) is 0 Å². The fourth-order valence-electron chi connectivity index (χ4n) is 4.61. The molecule has 0 amide bonds. The number of halogens is 2. The van der Waals surface area contributed by atoms with Crippen molar-refractivity contribution in [3.05, 3.63) is 58.6 Å². The number of ether oxygens (including phenoxy) is 1. The molecule has 2 aromatic carbocycles. The second-order valence-corrected chi connectivity index (χ2v) is 8.31. The average molecular weight is 442 g/mol. The van der Waals surface area contributed by atoms with Crippen LogP contribution >= 0.6 is 11.6 Å². The minimum atomic E-state index is -0.841. The van der Waals surface area contributed by atoms with Crippen LogP contribution in [0.2, 0.25) is 5.02 Å².